The van der Waals surface area contributed by atoms with Gasteiger partial charge in [0.05, 0.1) is 6.61 Å². The van der Waals surface area contributed by atoms with Crippen LogP contribution in [0.1, 0.15) is 90.4 Å². The Labute approximate surface area is 227 Å². The largest absolute Gasteiger partial charge is 0.490 e. The van der Waals surface area contributed by atoms with Crippen LogP contribution in [0.2, 0.25) is 0 Å². The number of halogens is 3. The second-order valence-corrected chi connectivity index (χ2v) is 12.1. The Morgan fingerprint density at radius 1 is 0.816 bits per heavy atom. The van der Waals surface area contributed by atoms with Crippen molar-refractivity contribution in [1.29, 1.82) is 0 Å². The number of hydrogen-bond acceptors (Lipinski definition) is 2. The standard InChI is InChI=1S/C33H45F3O2/c1-3-24-8-14-27(15-9-24)20-29(34)22-38-31-19-18-30(32(35)33(31)36)37-21-28-16-12-26(13-17-28)11-10-25-6-4-23(2)5-7-25/h3,18-19,23-29H,1,4-9,12-17,20-22H2,2H3. The Hall–Kier alpha value is -2.09. The molecule has 1 unspecified atom stereocenters. The van der Waals surface area contributed by atoms with Gasteiger partial charge in [-0.2, -0.15) is 8.78 Å². The van der Waals surface area contributed by atoms with Crippen molar-refractivity contribution in [2.75, 3.05) is 13.2 Å². The van der Waals surface area contributed by atoms with Gasteiger partial charge in [0.25, 0.3) is 0 Å². The van der Waals surface area contributed by atoms with Gasteiger partial charge in [0.1, 0.15) is 12.8 Å². The third-order valence-corrected chi connectivity index (χ3v) is 9.07. The van der Waals surface area contributed by atoms with E-state index in [1.807, 2.05) is 6.08 Å². The highest BCUT2D eigenvalue weighted by Crippen LogP contribution is 2.34. The zero-order chi connectivity index (χ0) is 26.9. The van der Waals surface area contributed by atoms with E-state index in [9.17, 15) is 13.2 Å². The maximum Gasteiger partial charge on any atom is 0.204 e. The molecule has 0 radical (unpaired) electrons. The third kappa shape index (κ3) is 8.45. The molecule has 3 aliphatic carbocycles. The first kappa shape index (κ1) is 28.9. The Morgan fingerprint density at radius 3 is 1.92 bits per heavy atom. The van der Waals surface area contributed by atoms with Gasteiger partial charge in [0.2, 0.25) is 11.6 Å². The maximum atomic E-state index is 14.6. The normalized spacial score (nSPS) is 30.5. The van der Waals surface area contributed by atoms with Crippen LogP contribution in [-0.2, 0) is 0 Å². The van der Waals surface area contributed by atoms with Crippen LogP contribution >= 0.6 is 0 Å². The second-order valence-electron chi connectivity index (χ2n) is 12.1. The van der Waals surface area contributed by atoms with E-state index < -0.39 is 17.8 Å². The summed E-state index contributed by atoms with van der Waals surface area (Å²) in [6.07, 6.45) is 14.3. The first-order valence-electron chi connectivity index (χ1n) is 14.9. The van der Waals surface area contributed by atoms with Gasteiger partial charge >= 0.3 is 0 Å². The molecule has 210 valence electrons. The molecule has 0 saturated heterocycles. The van der Waals surface area contributed by atoms with E-state index in [0.717, 1.165) is 57.3 Å². The zero-order valence-corrected chi connectivity index (χ0v) is 23.0. The van der Waals surface area contributed by atoms with Crippen LogP contribution in [0.25, 0.3) is 0 Å². The molecule has 0 heterocycles. The van der Waals surface area contributed by atoms with Crippen molar-refractivity contribution in [3.05, 3.63) is 36.4 Å². The summed E-state index contributed by atoms with van der Waals surface area (Å²) in [7, 11) is 0. The lowest BCUT2D eigenvalue weighted by atomic mass is 9.80. The highest BCUT2D eigenvalue weighted by Gasteiger charge is 2.25. The molecule has 0 N–H and O–H groups in total. The fourth-order valence-electron chi connectivity index (χ4n) is 6.33. The Morgan fingerprint density at radius 2 is 1.34 bits per heavy atom. The lowest BCUT2D eigenvalue weighted by Gasteiger charge is -2.27. The Kier molecular flexibility index (Phi) is 10.9. The van der Waals surface area contributed by atoms with Gasteiger partial charge in [0.15, 0.2) is 11.5 Å². The smallest absolute Gasteiger partial charge is 0.204 e. The second kappa shape index (κ2) is 14.3. The van der Waals surface area contributed by atoms with E-state index in [-0.39, 0.29) is 18.1 Å². The van der Waals surface area contributed by atoms with Crippen molar-refractivity contribution in [2.24, 2.45) is 35.5 Å². The molecule has 0 aromatic heterocycles. The highest BCUT2D eigenvalue weighted by atomic mass is 19.2. The molecule has 0 aliphatic heterocycles. The van der Waals surface area contributed by atoms with E-state index in [4.69, 9.17) is 9.47 Å². The van der Waals surface area contributed by atoms with Crippen molar-refractivity contribution in [3.63, 3.8) is 0 Å². The summed E-state index contributed by atoms with van der Waals surface area (Å²) in [4.78, 5) is 0. The number of ether oxygens (including phenoxy) is 2. The lowest BCUT2D eigenvalue weighted by Crippen LogP contribution is -2.21. The van der Waals surface area contributed by atoms with E-state index in [0.29, 0.717) is 42.6 Å². The van der Waals surface area contributed by atoms with Gasteiger partial charge in [-0.25, -0.2) is 4.39 Å². The molecule has 0 amide bonds. The van der Waals surface area contributed by atoms with E-state index >= 15 is 0 Å². The highest BCUT2D eigenvalue weighted by molar-refractivity contribution is 5.35. The third-order valence-electron chi connectivity index (χ3n) is 9.07. The van der Waals surface area contributed by atoms with Crippen molar-refractivity contribution < 1.29 is 22.6 Å². The molecular weight excluding hydrogens is 485 g/mol. The lowest BCUT2D eigenvalue weighted by molar-refractivity contribution is 0.146. The summed E-state index contributed by atoms with van der Waals surface area (Å²) in [6, 6.07) is 2.73. The van der Waals surface area contributed by atoms with Crippen LogP contribution in [-0.4, -0.2) is 19.4 Å². The first-order valence-corrected chi connectivity index (χ1v) is 14.9. The van der Waals surface area contributed by atoms with Gasteiger partial charge < -0.3 is 9.47 Å². The average Bonchev–Trinajstić information content (AvgIpc) is 2.94. The SMILES string of the molecule is C=CC1CCC(CC(F)COc2ccc(OCC3CCC(C#CC4CCC(C)CC4)CC3)c(F)c2F)CC1. The molecule has 3 aliphatic rings. The molecule has 4 rings (SSSR count). The summed E-state index contributed by atoms with van der Waals surface area (Å²) in [6.45, 7) is 6.25. The molecule has 5 heteroatoms. The predicted molar refractivity (Wildman–Crippen MR) is 147 cm³/mol. The number of alkyl halides is 1. The monoisotopic (exact) mass is 530 g/mol. The summed E-state index contributed by atoms with van der Waals surface area (Å²) < 4.78 is 54.7. The van der Waals surface area contributed by atoms with E-state index in [1.165, 1.54) is 37.8 Å². The summed E-state index contributed by atoms with van der Waals surface area (Å²) in [5.41, 5.74) is 0. The van der Waals surface area contributed by atoms with Crippen LogP contribution in [0.3, 0.4) is 0 Å². The van der Waals surface area contributed by atoms with E-state index in [2.05, 4.69) is 25.3 Å². The molecule has 1 aromatic rings. The van der Waals surface area contributed by atoms with Crippen LogP contribution in [0.4, 0.5) is 13.2 Å². The summed E-state index contributed by atoms with van der Waals surface area (Å²) in [5.74, 6) is 7.51. The minimum atomic E-state index is -1.20. The van der Waals surface area contributed by atoms with Crippen molar-refractivity contribution >= 4 is 0 Å². The molecular formula is C33H45F3O2. The van der Waals surface area contributed by atoms with Gasteiger partial charge in [-0.1, -0.05) is 24.8 Å². The molecule has 0 bridgehead atoms. The minimum Gasteiger partial charge on any atom is -0.490 e. The molecule has 3 fully saturated rings. The predicted octanol–water partition coefficient (Wildman–Crippen LogP) is 9.08. The maximum absolute atomic E-state index is 14.6. The average molecular weight is 531 g/mol. The fourth-order valence-corrected chi connectivity index (χ4v) is 6.33. The minimum absolute atomic E-state index is 0.112. The fraction of sp³-hybridized carbons (Fsp3) is 0.697. The summed E-state index contributed by atoms with van der Waals surface area (Å²) in [5, 5.41) is 0. The van der Waals surface area contributed by atoms with Crippen LogP contribution in [0.15, 0.2) is 24.8 Å². The van der Waals surface area contributed by atoms with Crippen molar-refractivity contribution in [2.45, 2.75) is 96.6 Å². The molecule has 2 nitrogen and oxygen atoms in total. The van der Waals surface area contributed by atoms with Crippen LogP contribution in [0, 0.1) is 59.0 Å². The van der Waals surface area contributed by atoms with Crippen molar-refractivity contribution in [3.8, 4) is 23.3 Å². The number of benzene rings is 1. The van der Waals surface area contributed by atoms with Crippen LogP contribution < -0.4 is 9.47 Å². The number of rotatable bonds is 9. The molecule has 1 atom stereocenters. The zero-order valence-electron chi connectivity index (χ0n) is 23.0. The van der Waals surface area contributed by atoms with Gasteiger partial charge in [-0.15, -0.1) is 6.58 Å². The summed E-state index contributed by atoms with van der Waals surface area (Å²) >= 11 is 0. The number of hydrogen-bond donors (Lipinski definition) is 0. The quantitative estimate of drug-likeness (QED) is 0.234. The molecule has 1 aromatic carbocycles. The van der Waals surface area contributed by atoms with E-state index in [1.54, 1.807) is 0 Å². The van der Waals surface area contributed by atoms with Crippen molar-refractivity contribution in [1.82, 2.24) is 0 Å². The van der Waals surface area contributed by atoms with Gasteiger partial charge in [-0.05, 0) is 119 Å². The van der Waals surface area contributed by atoms with Crippen LogP contribution in [0.5, 0.6) is 11.5 Å². The topological polar surface area (TPSA) is 18.5 Å². The number of allylic oxidation sites excluding steroid dienone is 1. The molecule has 0 spiro atoms. The van der Waals surface area contributed by atoms with Gasteiger partial charge in [-0.3, -0.25) is 0 Å². The Balaban J connectivity index is 1.17. The molecule has 3 saturated carbocycles. The first-order chi connectivity index (χ1) is 18.4. The molecule has 38 heavy (non-hydrogen) atoms. The Bertz CT molecular complexity index is 943. The van der Waals surface area contributed by atoms with Gasteiger partial charge in [0, 0.05) is 11.8 Å².